The van der Waals surface area contributed by atoms with E-state index in [0.717, 1.165) is 11.1 Å². The SMILES string of the molecule is Cc1ccc(Cn2nc(C)c(C(=O)OCc3nc4cc(Cl)ccc4c(=O)[nH]3)c2Cl)cc1. The van der Waals surface area contributed by atoms with Gasteiger partial charge in [0.25, 0.3) is 5.56 Å². The molecule has 0 atom stereocenters. The van der Waals surface area contributed by atoms with Gasteiger partial charge in [0.1, 0.15) is 23.1 Å². The monoisotopic (exact) mass is 456 g/mol. The number of rotatable bonds is 5. The predicted octanol–water partition coefficient (Wildman–Crippen LogP) is 4.45. The van der Waals surface area contributed by atoms with E-state index in [2.05, 4.69) is 15.1 Å². The van der Waals surface area contributed by atoms with Gasteiger partial charge in [0.2, 0.25) is 0 Å². The highest BCUT2D eigenvalue weighted by Gasteiger charge is 2.22. The first kappa shape index (κ1) is 21.1. The van der Waals surface area contributed by atoms with Crippen molar-refractivity contribution in [2.24, 2.45) is 0 Å². The Kier molecular flexibility index (Phi) is 5.80. The summed E-state index contributed by atoms with van der Waals surface area (Å²) >= 11 is 12.4. The van der Waals surface area contributed by atoms with Crippen molar-refractivity contribution in [3.05, 3.63) is 91.2 Å². The second kappa shape index (κ2) is 8.53. The normalized spacial score (nSPS) is 11.1. The summed E-state index contributed by atoms with van der Waals surface area (Å²) in [6.45, 7) is 3.89. The van der Waals surface area contributed by atoms with Crippen LogP contribution in [0.5, 0.6) is 0 Å². The molecule has 0 saturated heterocycles. The number of aryl methyl sites for hydroxylation is 2. The van der Waals surface area contributed by atoms with Gasteiger partial charge in [0.15, 0.2) is 0 Å². The molecule has 31 heavy (non-hydrogen) atoms. The highest BCUT2D eigenvalue weighted by molar-refractivity contribution is 6.32. The third kappa shape index (κ3) is 4.47. The molecule has 9 heteroatoms. The van der Waals surface area contributed by atoms with Crippen LogP contribution in [0.25, 0.3) is 10.9 Å². The molecule has 2 aromatic carbocycles. The number of fused-ring (bicyclic) bond motifs is 1. The molecule has 0 aliphatic carbocycles. The number of aromatic nitrogens is 4. The lowest BCUT2D eigenvalue weighted by atomic mass is 10.1. The van der Waals surface area contributed by atoms with Crippen molar-refractivity contribution in [2.75, 3.05) is 0 Å². The predicted molar refractivity (Wildman–Crippen MR) is 119 cm³/mol. The van der Waals surface area contributed by atoms with E-state index < -0.39 is 5.97 Å². The number of carbonyl (C=O) groups excluding carboxylic acids is 1. The molecule has 7 nitrogen and oxygen atoms in total. The van der Waals surface area contributed by atoms with Gasteiger partial charge in [-0.15, -0.1) is 0 Å². The first-order valence-electron chi connectivity index (χ1n) is 9.46. The van der Waals surface area contributed by atoms with E-state index in [9.17, 15) is 9.59 Å². The lowest BCUT2D eigenvalue weighted by molar-refractivity contribution is 0.0461. The van der Waals surface area contributed by atoms with Gasteiger partial charge < -0.3 is 9.72 Å². The Balaban J connectivity index is 1.52. The van der Waals surface area contributed by atoms with Gasteiger partial charge in [-0.1, -0.05) is 53.0 Å². The molecular formula is C22H18Cl2N4O3. The van der Waals surface area contributed by atoms with E-state index in [-0.39, 0.29) is 28.7 Å². The highest BCUT2D eigenvalue weighted by Crippen LogP contribution is 2.22. The van der Waals surface area contributed by atoms with Gasteiger partial charge in [-0.3, -0.25) is 4.79 Å². The maximum Gasteiger partial charge on any atom is 0.343 e. The molecule has 4 aromatic rings. The third-order valence-electron chi connectivity index (χ3n) is 4.78. The van der Waals surface area contributed by atoms with E-state index in [1.165, 1.54) is 0 Å². The molecule has 158 valence electrons. The largest absolute Gasteiger partial charge is 0.454 e. The number of esters is 1. The molecule has 0 aliphatic heterocycles. The van der Waals surface area contributed by atoms with Crippen LogP contribution in [0.3, 0.4) is 0 Å². The minimum absolute atomic E-state index is 0.181. The maximum absolute atomic E-state index is 12.7. The number of ether oxygens (including phenoxy) is 1. The molecule has 4 rings (SSSR count). The van der Waals surface area contributed by atoms with Crippen LogP contribution in [0.1, 0.15) is 33.0 Å². The van der Waals surface area contributed by atoms with Crippen molar-refractivity contribution in [3.8, 4) is 0 Å². The van der Waals surface area contributed by atoms with Crippen LogP contribution >= 0.6 is 23.2 Å². The van der Waals surface area contributed by atoms with E-state index in [1.54, 1.807) is 29.8 Å². The summed E-state index contributed by atoms with van der Waals surface area (Å²) in [5.74, 6) is -0.444. The number of nitrogens with zero attached hydrogens (tertiary/aromatic N) is 3. The Labute approximate surface area is 187 Å². The van der Waals surface area contributed by atoms with Gasteiger partial charge in [-0.2, -0.15) is 5.10 Å². The standard InChI is InChI=1S/C22H18Cl2N4O3/c1-12-3-5-14(6-4-12)10-28-20(24)19(13(2)27-28)22(30)31-11-18-25-17-9-15(23)7-8-16(17)21(29)26-18/h3-9H,10-11H2,1-2H3,(H,25,26,29). The van der Waals surface area contributed by atoms with E-state index in [1.807, 2.05) is 31.2 Å². The van der Waals surface area contributed by atoms with Gasteiger partial charge in [-0.05, 0) is 37.6 Å². The van der Waals surface area contributed by atoms with Crippen molar-refractivity contribution in [3.63, 3.8) is 0 Å². The number of carbonyl (C=O) groups is 1. The summed E-state index contributed by atoms with van der Waals surface area (Å²) in [5.41, 5.74) is 2.87. The minimum atomic E-state index is -0.647. The van der Waals surface area contributed by atoms with Crippen LogP contribution < -0.4 is 5.56 Å². The number of hydrogen-bond acceptors (Lipinski definition) is 5. The molecule has 0 radical (unpaired) electrons. The summed E-state index contributed by atoms with van der Waals surface area (Å²) in [5, 5.41) is 5.41. The highest BCUT2D eigenvalue weighted by atomic mass is 35.5. The van der Waals surface area contributed by atoms with E-state index in [4.69, 9.17) is 27.9 Å². The van der Waals surface area contributed by atoms with Crippen LogP contribution in [0.15, 0.2) is 47.3 Å². The number of halogens is 2. The zero-order chi connectivity index (χ0) is 22.1. The van der Waals surface area contributed by atoms with Gasteiger partial charge in [-0.25, -0.2) is 14.5 Å². The Bertz CT molecular complexity index is 1340. The average molecular weight is 457 g/mol. The van der Waals surface area contributed by atoms with E-state index in [0.29, 0.717) is 28.2 Å². The van der Waals surface area contributed by atoms with Crippen molar-refractivity contribution in [2.45, 2.75) is 27.0 Å². The van der Waals surface area contributed by atoms with Crippen molar-refractivity contribution in [1.29, 1.82) is 0 Å². The zero-order valence-corrected chi connectivity index (χ0v) is 18.3. The number of aromatic amines is 1. The van der Waals surface area contributed by atoms with Crippen LogP contribution in [0, 0.1) is 13.8 Å². The molecule has 0 amide bonds. The molecule has 0 aliphatic rings. The number of nitrogens with one attached hydrogen (secondary N) is 1. The molecule has 2 aromatic heterocycles. The smallest absolute Gasteiger partial charge is 0.343 e. The Morgan fingerprint density at radius 2 is 1.87 bits per heavy atom. The van der Waals surface area contributed by atoms with Crippen LogP contribution in [-0.2, 0) is 17.9 Å². The van der Waals surface area contributed by atoms with Crippen LogP contribution in [0.4, 0.5) is 0 Å². The molecule has 0 unspecified atom stereocenters. The van der Waals surface area contributed by atoms with Gasteiger partial charge >= 0.3 is 5.97 Å². The third-order valence-corrected chi connectivity index (χ3v) is 5.40. The summed E-state index contributed by atoms with van der Waals surface area (Å²) in [6, 6.07) is 12.7. The van der Waals surface area contributed by atoms with Crippen LogP contribution in [0.2, 0.25) is 10.2 Å². The summed E-state index contributed by atoms with van der Waals surface area (Å²) in [4.78, 5) is 31.8. The second-order valence-electron chi connectivity index (χ2n) is 7.14. The summed E-state index contributed by atoms with van der Waals surface area (Å²) in [7, 11) is 0. The molecule has 2 heterocycles. The first-order valence-corrected chi connectivity index (χ1v) is 10.2. The van der Waals surface area contributed by atoms with Crippen molar-refractivity contribution in [1.82, 2.24) is 19.7 Å². The van der Waals surface area contributed by atoms with Gasteiger partial charge in [0.05, 0.1) is 23.1 Å². The van der Waals surface area contributed by atoms with Crippen molar-refractivity contribution < 1.29 is 9.53 Å². The fourth-order valence-electron chi connectivity index (χ4n) is 3.19. The molecule has 0 fully saturated rings. The Morgan fingerprint density at radius 3 is 2.61 bits per heavy atom. The fourth-order valence-corrected chi connectivity index (χ4v) is 3.67. The minimum Gasteiger partial charge on any atom is -0.454 e. The number of benzene rings is 2. The maximum atomic E-state index is 12.7. The van der Waals surface area contributed by atoms with Crippen LogP contribution in [-0.4, -0.2) is 25.7 Å². The second-order valence-corrected chi connectivity index (χ2v) is 7.94. The Morgan fingerprint density at radius 1 is 1.13 bits per heavy atom. The molecule has 0 saturated carbocycles. The van der Waals surface area contributed by atoms with Gasteiger partial charge in [0, 0.05) is 5.02 Å². The Hall–Kier alpha value is -3.16. The summed E-state index contributed by atoms with van der Waals surface area (Å²) < 4.78 is 6.90. The lowest BCUT2D eigenvalue weighted by Crippen LogP contribution is -2.15. The average Bonchev–Trinajstić information content (AvgIpc) is 3.00. The molecule has 0 bridgehead atoms. The quantitative estimate of drug-likeness (QED) is 0.448. The molecular weight excluding hydrogens is 439 g/mol. The first-order chi connectivity index (χ1) is 14.8. The number of hydrogen-bond donors (Lipinski definition) is 1. The van der Waals surface area contributed by atoms with Crippen molar-refractivity contribution >= 4 is 40.1 Å². The fraction of sp³-hybridized carbons (Fsp3) is 0.182. The lowest BCUT2D eigenvalue weighted by Gasteiger charge is -2.06. The summed E-state index contributed by atoms with van der Waals surface area (Å²) in [6.07, 6.45) is 0. The number of H-pyrrole nitrogens is 1. The molecule has 1 N–H and O–H groups in total. The van der Waals surface area contributed by atoms with E-state index >= 15 is 0 Å². The zero-order valence-electron chi connectivity index (χ0n) is 16.8. The molecule has 0 spiro atoms. The topological polar surface area (TPSA) is 89.9 Å².